The zero-order chi connectivity index (χ0) is 18.4. The fourth-order valence-electron chi connectivity index (χ4n) is 2.59. The molecule has 1 heterocycles. The maximum absolute atomic E-state index is 12.4. The van der Waals surface area contributed by atoms with Gasteiger partial charge >= 0.3 is 0 Å². The van der Waals surface area contributed by atoms with Crippen LogP contribution in [-0.2, 0) is 6.54 Å². The molecule has 0 bridgehead atoms. The molecule has 0 unspecified atom stereocenters. The second-order valence-corrected chi connectivity index (χ2v) is 7.10. The summed E-state index contributed by atoms with van der Waals surface area (Å²) in [4.78, 5) is 27.8. The van der Waals surface area contributed by atoms with E-state index < -0.39 is 0 Å². The molecule has 0 saturated heterocycles. The topological polar surface area (TPSA) is 49.4 Å². The van der Waals surface area contributed by atoms with Crippen molar-refractivity contribution in [2.24, 2.45) is 0 Å². The first-order chi connectivity index (χ1) is 12.6. The van der Waals surface area contributed by atoms with Gasteiger partial charge in [0.25, 0.3) is 5.91 Å². The van der Waals surface area contributed by atoms with E-state index in [1.165, 1.54) is 4.88 Å². The number of anilines is 1. The van der Waals surface area contributed by atoms with Crippen LogP contribution in [0.2, 0.25) is 0 Å². The summed E-state index contributed by atoms with van der Waals surface area (Å²) in [5.41, 5.74) is 1.91. The molecule has 26 heavy (non-hydrogen) atoms. The van der Waals surface area contributed by atoms with Crippen molar-refractivity contribution in [3.63, 3.8) is 0 Å². The van der Waals surface area contributed by atoms with Gasteiger partial charge in [-0.05, 0) is 54.9 Å². The first-order valence-corrected chi connectivity index (χ1v) is 9.20. The van der Waals surface area contributed by atoms with Crippen molar-refractivity contribution in [1.82, 2.24) is 4.90 Å². The number of nitrogens with one attached hydrogen (secondary N) is 1. The van der Waals surface area contributed by atoms with Crippen LogP contribution in [0.1, 0.15) is 25.6 Å². The van der Waals surface area contributed by atoms with Gasteiger partial charge in [-0.3, -0.25) is 14.5 Å². The van der Waals surface area contributed by atoms with E-state index in [1.54, 1.807) is 47.7 Å². The lowest BCUT2D eigenvalue weighted by Gasteiger charge is -2.14. The number of benzene rings is 2. The quantitative estimate of drug-likeness (QED) is 0.636. The van der Waals surface area contributed by atoms with Crippen LogP contribution >= 0.6 is 11.3 Å². The number of nitrogens with zero attached hydrogens (tertiary/aromatic N) is 1. The molecule has 3 rings (SSSR count). The van der Waals surface area contributed by atoms with Gasteiger partial charge in [-0.2, -0.15) is 0 Å². The molecule has 0 atom stereocenters. The van der Waals surface area contributed by atoms with Gasteiger partial charge in [-0.25, -0.2) is 0 Å². The summed E-state index contributed by atoms with van der Waals surface area (Å²) in [5, 5.41) is 4.87. The summed E-state index contributed by atoms with van der Waals surface area (Å²) in [5.74, 6) is -0.106. The minimum Gasteiger partial charge on any atom is -0.322 e. The Kier molecular flexibility index (Phi) is 5.94. The van der Waals surface area contributed by atoms with Crippen LogP contribution in [0.15, 0.2) is 72.1 Å². The van der Waals surface area contributed by atoms with Gasteiger partial charge in [-0.1, -0.05) is 24.3 Å². The highest BCUT2D eigenvalue weighted by Crippen LogP contribution is 2.14. The number of rotatable bonds is 7. The monoisotopic (exact) mass is 364 g/mol. The van der Waals surface area contributed by atoms with E-state index in [-0.39, 0.29) is 11.7 Å². The summed E-state index contributed by atoms with van der Waals surface area (Å²) in [6.45, 7) is 1.11. The molecule has 1 aromatic heterocycles. The minimum atomic E-state index is -0.166. The molecule has 4 nitrogen and oxygen atoms in total. The van der Waals surface area contributed by atoms with Crippen LogP contribution in [0.3, 0.4) is 0 Å². The number of carbonyl (C=O) groups is 2. The fraction of sp³-hybridized carbons (Fsp3) is 0.143. The van der Waals surface area contributed by atoms with Gasteiger partial charge in [0.1, 0.15) is 0 Å². The molecule has 1 amide bonds. The van der Waals surface area contributed by atoms with E-state index in [0.29, 0.717) is 23.4 Å². The Morgan fingerprint density at radius 3 is 2.31 bits per heavy atom. The summed E-state index contributed by atoms with van der Waals surface area (Å²) in [7, 11) is 1.94. The van der Waals surface area contributed by atoms with Crippen molar-refractivity contribution in [2.45, 2.75) is 6.54 Å². The standard InChI is InChI=1S/C21H20N2O2S/c1-23(14-19-8-5-13-26-19)15-20(24)16-9-11-18(12-10-16)22-21(25)17-6-3-2-4-7-17/h2-13H,14-15H2,1H3,(H,22,25). The molecule has 0 spiro atoms. The molecule has 0 aliphatic carbocycles. The smallest absolute Gasteiger partial charge is 0.255 e. The molecular formula is C21H20N2O2S. The Morgan fingerprint density at radius 1 is 0.923 bits per heavy atom. The van der Waals surface area contributed by atoms with E-state index in [4.69, 9.17) is 0 Å². The summed E-state index contributed by atoms with van der Waals surface area (Å²) in [6, 6.07) is 20.1. The highest BCUT2D eigenvalue weighted by molar-refractivity contribution is 7.09. The number of ketones is 1. The third kappa shape index (κ3) is 4.88. The van der Waals surface area contributed by atoms with E-state index in [2.05, 4.69) is 11.4 Å². The van der Waals surface area contributed by atoms with Crippen molar-refractivity contribution >= 4 is 28.7 Å². The van der Waals surface area contributed by atoms with E-state index >= 15 is 0 Å². The Labute approximate surface area is 157 Å². The largest absolute Gasteiger partial charge is 0.322 e. The molecule has 0 saturated carbocycles. The highest BCUT2D eigenvalue weighted by Gasteiger charge is 2.11. The van der Waals surface area contributed by atoms with Gasteiger partial charge in [-0.15, -0.1) is 11.3 Å². The van der Waals surface area contributed by atoms with Crippen molar-refractivity contribution in [2.75, 3.05) is 18.9 Å². The molecule has 0 aliphatic rings. The third-order valence-corrected chi connectivity index (χ3v) is 4.78. The van der Waals surface area contributed by atoms with Crippen LogP contribution in [0.25, 0.3) is 0 Å². The fourth-order valence-corrected chi connectivity index (χ4v) is 3.38. The summed E-state index contributed by atoms with van der Waals surface area (Å²) >= 11 is 1.69. The zero-order valence-electron chi connectivity index (χ0n) is 14.5. The number of amides is 1. The molecule has 1 N–H and O–H groups in total. The minimum absolute atomic E-state index is 0.0602. The molecule has 3 aromatic rings. The molecule has 0 fully saturated rings. The Hall–Kier alpha value is -2.76. The maximum Gasteiger partial charge on any atom is 0.255 e. The third-order valence-electron chi connectivity index (χ3n) is 3.92. The van der Waals surface area contributed by atoms with Crippen molar-refractivity contribution < 1.29 is 9.59 Å². The Balaban J connectivity index is 1.56. The molecule has 132 valence electrons. The molecular weight excluding hydrogens is 344 g/mol. The second kappa shape index (κ2) is 8.56. The van der Waals surface area contributed by atoms with Crippen molar-refractivity contribution in [1.29, 1.82) is 0 Å². The van der Waals surface area contributed by atoms with Gasteiger partial charge in [0.15, 0.2) is 5.78 Å². The van der Waals surface area contributed by atoms with Crippen LogP contribution in [-0.4, -0.2) is 30.2 Å². The predicted molar refractivity (Wildman–Crippen MR) is 106 cm³/mol. The van der Waals surface area contributed by atoms with Crippen LogP contribution in [0, 0.1) is 0 Å². The van der Waals surface area contributed by atoms with Gasteiger partial charge in [0, 0.05) is 28.2 Å². The van der Waals surface area contributed by atoms with Crippen LogP contribution in [0.4, 0.5) is 5.69 Å². The van der Waals surface area contributed by atoms with Crippen molar-refractivity contribution in [3.8, 4) is 0 Å². The number of thiophene rings is 1. The molecule has 5 heteroatoms. The number of Topliss-reactive ketones (excluding diaryl/α,β-unsaturated/α-hetero) is 1. The van der Waals surface area contributed by atoms with E-state index in [1.807, 2.05) is 41.6 Å². The number of carbonyl (C=O) groups excluding carboxylic acids is 2. The molecule has 0 aliphatic heterocycles. The molecule has 0 radical (unpaired) electrons. The van der Waals surface area contributed by atoms with Gasteiger partial charge in [0.2, 0.25) is 0 Å². The number of likely N-dealkylation sites (N-methyl/N-ethyl adjacent to an activating group) is 1. The lowest BCUT2D eigenvalue weighted by Crippen LogP contribution is -2.25. The zero-order valence-corrected chi connectivity index (χ0v) is 15.3. The first kappa shape index (κ1) is 18.0. The maximum atomic E-state index is 12.4. The van der Waals surface area contributed by atoms with Gasteiger partial charge in [0.05, 0.1) is 6.54 Å². The first-order valence-electron chi connectivity index (χ1n) is 8.32. The van der Waals surface area contributed by atoms with Crippen LogP contribution < -0.4 is 5.32 Å². The average Bonchev–Trinajstić information content (AvgIpc) is 3.15. The van der Waals surface area contributed by atoms with Crippen LogP contribution in [0.5, 0.6) is 0 Å². The summed E-state index contributed by atoms with van der Waals surface area (Å²) in [6.07, 6.45) is 0. The Morgan fingerprint density at radius 2 is 1.65 bits per heavy atom. The normalized spacial score (nSPS) is 10.7. The van der Waals surface area contributed by atoms with Crippen molar-refractivity contribution in [3.05, 3.63) is 88.1 Å². The Bertz CT molecular complexity index is 859. The predicted octanol–water partition coefficient (Wildman–Crippen LogP) is 4.32. The lowest BCUT2D eigenvalue weighted by atomic mass is 10.1. The SMILES string of the molecule is CN(CC(=O)c1ccc(NC(=O)c2ccccc2)cc1)Cc1cccs1. The number of hydrogen-bond donors (Lipinski definition) is 1. The van der Waals surface area contributed by atoms with E-state index in [0.717, 1.165) is 6.54 Å². The second-order valence-electron chi connectivity index (χ2n) is 6.07. The lowest BCUT2D eigenvalue weighted by molar-refractivity contribution is 0.0943. The number of hydrogen-bond acceptors (Lipinski definition) is 4. The summed E-state index contributed by atoms with van der Waals surface area (Å²) < 4.78 is 0. The van der Waals surface area contributed by atoms with E-state index in [9.17, 15) is 9.59 Å². The average molecular weight is 364 g/mol. The molecule has 2 aromatic carbocycles. The highest BCUT2D eigenvalue weighted by atomic mass is 32.1. The van der Waals surface area contributed by atoms with Gasteiger partial charge < -0.3 is 5.32 Å².